The molecule has 4 aliphatic heterocycles. The molecule has 8 heterocycles. The highest BCUT2D eigenvalue weighted by Crippen LogP contribution is 2.40. The molecule has 0 aliphatic carbocycles. The molecule has 0 saturated carbocycles. The zero-order chi connectivity index (χ0) is 53.0. The van der Waals surface area contributed by atoms with Crippen molar-refractivity contribution in [3.8, 4) is 39.2 Å². The lowest BCUT2D eigenvalue weighted by Gasteiger charge is -2.43. The molecular formula is C56H70N12O7S. The second kappa shape index (κ2) is 23.2. The molecule has 2 aromatic carbocycles. The lowest BCUT2D eigenvalue weighted by atomic mass is 9.91. The number of pyridine rings is 1. The number of aromatic nitrogens is 5. The van der Waals surface area contributed by atoms with Crippen LogP contribution in [0.1, 0.15) is 75.9 Å². The Morgan fingerprint density at radius 3 is 2.39 bits per heavy atom. The number of amides is 2. The molecule has 76 heavy (non-hydrogen) atoms. The van der Waals surface area contributed by atoms with Gasteiger partial charge in [-0.3, -0.25) is 19.4 Å². The number of carbonyl (C=O) groups excluding carboxylic acids is 2. The fraction of sp³-hybridized carbons (Fsp3) is 0.482. The quantitative estimate of drug-likeness (QED) is 0.0761. The molecule has 0 spiro atoms. The van der Waals surface area contributed by atoms with Gasteiger partial charge in [-0.25, -0.2) is 9.97 Å². The topological polar surface area (TPSA) is 214 Å². The number of piperazine rings is 2. The summed E-state index contributed by atoms with van der Waals surface area (Å²) < 4.78 is 23.9. The Labute approximate surface area is 448 Å². The summed E-state index contributed by atoms with van der Waals surface area (Å²) in [5, 5.41) is 26.4. The van der Waals surface area contributed by atoms with Gasteiger partial charge in [0.2, 0.25) is 17.7 Å². The average molecular weight is 1060 g/mol. The summed E-state index contributed by atoms with van der Waals surface area (Å²) in [5.41, 5.74) is 14.4. The van der Waals surface area contributed by atoms with Crippen LogP contribution in [0.4, 0.5) is 17.2 Å². The number of thiazole rings is 1. The van der Waals surface area contributed by atoms with E-state index in [0.29, 0.717) is 73.4 Å². The highest BCUT2D eigenvalue weighted by molar-refractivity contribution is 7.13. The third-order valence-corrected chi connectivity index (χ3v) is 16.6. The minimum atomic E-state index is -0.703. The number of phenolic OH excluding ortho intramolecular Hbond substituents is 1. The first-order valence-corrected chi connectivity index (χ1v) is 27.4. The molecule has 402 valence electrons. The number of carbonyl (C=O) groups is 2. The van der Waals surface area contributed by atoms with E-state index in [1.54, 1.807) is 41.5 Å². The van der Waals surface area contributed by atoms with Crippen LogP contribution in [0.15, 0.2) is 89.0 Å². The Morgan fingerprint density at radius 2 is 1.67 bits per heavy atom. The van der Waals surface area contributed by atoms with Gasteiger partial charge in [0.05, 0.1) is 39.6 Å². The van der Waals surface area contributed by atoms with Crippen molar-refractivity contribution in [1.29, 1.82) is 0 Å². The molecule has 2 bridgehead atoms. The summed E-state index contributed by atoms with van der Waals surface area (Å²) in [6, 6.07) is 23.0. The Hall–Kier alpha value is -6.87. The molecule has 4 aromatic heterocycles. The number of nitrogens with one attached hydrogen (secondary N) is 1. The van der Waals surface area contributed by atoms with Crippen molar-refractivity contribution in [1.82, 2.24) is 45.3 Å². The van der Waals surface area contributed by atoms with Crippen molar-refractivity contribution >= 4 is 40.3 Å². The lowest BCUT2D eigenvalue weighted by molar-refractivity contribution is -0.141. The standard InChI is InChI=1S/C56H70N12O7S/c1-34(2)52(56(71)67-32-43(72-6)26-47(67)55(70)60-36(4)38-11-13-39(14-12-38)53-37(5)59-33-76-53)49-28-51(63-75-49)74-23-21-64-19-20-65(35(3)29-64)22-24-73-50-25-40(17-18-58-50)68-41-15-16-42(68)31-66(30-41)46-27-45(61-62-54(46)57)44-9-7-8-10-48(44)69/h7-14,17-18,25,27-28,33-36,41-43,47,52,69H,15-16,19-24,26,29-32H2,1-6H3,(H2,57,62)(H,60,70)/t35-,36+,41?,42?,43-,47+,52-/m1/s1. The Morgan fingerprint density at radius 1 is 0.908 bits per heavy atom. The van der Waals surface area contributed by atoms with E-state index in [1.807, 2.05) is 69.7 Å². The van der Waals surface area contributed by atoms with E-state index in [0.717, 1.165) is 85.2 Å². The van der Waals surface area contributed by atoms with Crippen LogP contribution in [0.3, 0.4) is 0 Å². The maximum Gasteiger partial charge on any atom is 0.254 e. The Kier molecular flexibility index (Phi) is 16.0. The zero-order valence-electron chi connectivity index (χ0n) is 44.2. The van der Waals surface area contributed by atoms with Crippen LogP contribution in [0, 0.1) is 12.8 Å². The van der Waals surface area contributed by atoms with Gasteiger partial charge < -0.3 is 49.6 Å². The van der Waals surface area contributed by atoms with E-state index in [1.165, 1.54) is 0 Å². The summed E-state index contributed by atoms with van der Waals surface area (Å²) in [6.45, 7) is 17.1. The molecule has 4 aliphatic rings. The van der Waals surface area contributed by atoms with Gasteiger partial charge in [0.25, 0.3) is 5.88 Å². The third kappa shape index (κ3) is 11.4. The fourth-order valence-corrected chi connectivity index (χ4v) is 12.3. The van der Waals surface area contributed by atoms with Crippen molar-refractivity contribution in [2.24, 2.45) is 5.92 Å². The number of para-hydroxylation sites is 1. The van der Waals surface area contributed by atoms with Gasteiger partial charge in [-0.2, -0.15) is 0 Å². The molecule has 6 aromatic rings. The van der Waals surface area contributed by atoms with Crippen LogP contribution < -0.4 is 30.3 Å². The van der Waals surface area contributed by atoms with Crippen LogP contribution in [-0.2, 0) is 14.3 Å². The monoisotopic (exact) mass is 1050 g/mol. The predicted molar refractivity (Wildman–Crippen MR) is 292 cm³/mol. The minimum absolute atomic E-state index is 0.142. The Balaban J connectivity index is 0.671. The summed E-state index contributed by atoms with van der Waals surface area (Å²) in [4.78, 5) is 49.7. The van der Waals surface area contributed by atoms with E-state index >= 15 is 0 Å². The highest BCUT2D eigenvalue weighted by atomic mass is 32.1. The lowest BCUT2D eigenvalue weighted by Crippen LogP contribution is -2.54. The summed E-state index contributed by atoms with van der Waals surface area (Å²) >= 11 is 1.60. The number of aromatic hydroxyl groups is 1. The van der Waals surface area contributed by atoms with Crippen LogP contribution in [0.5, 0.6) is 17.5 Å². The highest BCUT2D eigenvalue weighted by Gasteiger charge is 2.45. The number of hydrogen-bond donors (Lipinski definition) is 3. The minimum Gasteiger partial charge on any atom is -0.507 e. The van der Waals surface area contributed by atoms with Crippen molar-refractivity contribution in [2.45, 2.75) is 96.1 Å². The average Bonchev–Trinajstić information content (AvgIpc) is 4.25. The fourth-order valence-electron chi connectivity index (χ4n) is 11.5. The summed E-state index contributed by atoms with van der Waals surface area (Å²) in [7, 11) is 1.61. The van der Waals surface area contributed by atoms with Gasteiger partial charge >= 0.3 is 0 Å². The van der Waals surface area contributed by atoms with Crippen LogP contribution >= 0.6 is 11.3 Å². The van der Waals surface area contributed by atoms with Crippen molar-refractivity contribution < 1.29 is 33.4 Å². The molecule has 4 N–H and O–H groups in total. The normalized spacial score (nSPS) is 21.8. The largest absolute Gasteiger partial charge is 0.507 e. The molecule has 20 heteroatoms. The van der Waals surface area contributed by atoms with Crippen molar-refractivity contribution in [2.75, 3.05) is 88.2 Å². The maximum absolute atomic E-state index is 14.4. The number of anilines is 3. The molecule has 4 saturated heterocycles. The van der Waals surface area contributed by atoms with E-state index < -0.39 is 12.0 Å². The SMILES string of the molecule is CO[C@@H]1C[C@@H](C(=O)N[C@@H](C)c2ccc(-c3scnc3C)cc2)N(C(=O)[C@@H](c2cc(OCCN3CCN(CCOc4cc(N5C6CCC5CN(c5cc(-c7ccccc7O)nnc5N)C6)ccn4)[C@H](C)C3)no2)C(C)C)C1. The van der Waals surface area contributed by atoms with Gasteiger partial charge in [-0.05, 0) is 80.1 Å². The maximum atomic E-state index is 14.4. The second-order valence-corrected chi connectivity index (χ2v) is 21.8. The summed E-state index contributed by atoms with van der Waals surface area (Å²) in [5.74, 6) is 0.647. The van der Waals surface area contributed by atoms with Crippen LogP contribution in [-0.4, -0.2) is 160 Å². The number of hydrogen-bond acceptors (Lipinski definition) is 18. The third-order valence-electron chi connectivity index (χ3n) is 15.7. The zero-order valence-corrected chi connectivity index (χ0v) is 45.1. The smallest absolute Gasteiger partial charge is 0.254 e. The number of likely N-dealkylation sites (tertiary alicyclic amines) is 1. The predicted octanol–water partition coefficient (Wildman–Crippen LogP) is 6.80. The van der Waals surface area contributed by atoms with Gasteiger partial charge in [0, 0.05) is 114 Å². The van der Waals surface area contributed by atoms with Crippen molar-refractivity contribution in [3.05, 3.63) is 102 Å². The van der Waals surface area contributed by atoms with Crippen LogP contribution in [0.25, 0.3) is 21.7 Å². The van der Waals surface area contributed by atoms with Gasteiger partial charge in [-0.15, -0.1) is 21.5 Å². The van der Waals surface area contributed by atoms with E-state index in [2.05, 4.69) is 81.4 Å². The second-order valence-electron chi connectivity index (χ2n) is 21.0. The Bertz CT molecular complexity index is 2940. The molecule has 2 amide bonds. The first-order chi connectivity index (χ1) is 36.8. The number of nitrogen functional groups attached to an aromatic ring is 1. The van der Waals surface area contributed by atoms with Gasteiger partial charge in [0.1, 0.15) is 30.9 Å². The number of rotatable bonds is 19. The molecule has 10 rings (SSSR count). The van der Waals surface area contributed by atoms with Gasteiger partial charge in [0.15, 0.2) is 11.6 Å². The van der Waals surface area contributed by atoms with Crippen LogP contribution in [0.2, 0.25) is 0 Å². The number of phenols is 1. The molecule has 7 atom stereocenters. The number of fused-ring (bicyclic) bond motifs is 2. The molecule has 2 unspecified atom stereocenters. The molecule has 0 radical (unpaired) electrons. The number of aryl methyl sites for hydroxylation is 1. The number of nitrogens with two attached hydrogens (primary N) is 1. The molecule has 19 nitrogen and oxygen atoms in total. The summed E-state index contributed by atoms with van der Waals surface area (Å²) in [6.07, 6.45) is 4.08. The number of ether oxygens (including phenoxy) is 3. The first-order valence-electron chi connectivity index (χ1n) is 26.5. The number of methoxy groups -OCH3 is 1. The van der Waals surface area contributed by atoms with Gasteiger partial charge in [-0.1, -0.05) is 50.2 Å². The number of nitrogens with zero attached hydrogens (tertiary/aromatic N) is 10. The van der Waals surface area contributed by atoms with E-state index in [-0.39, 0.29) is 47.7 Å². The number of benzene rings is 2. The van der Waals surface area contributed by atoms with E-state index in [9.17, 15) is 14.7 Å². The van der Waals surface area contributed by atoms with E-state index in [4.69, 9.17) is 24.5 Å². The first kappa shape index (κ1) is 52.6. The van der Waals surface area contributed by atoms with Crippen molar-refractivity contribution in [3.63, 3.8) is 0 Å². The molecular weight excluding hydrogens is 985 g/mol. The molecule has 4 fully saturated rings.